The van der Waals surface area contributed by atoms with Gasteiger partial charge in [0.05, 0.1) is 13.2 Å². The first-order valence-electron chi connectivity index (χ1n) is 8.91. The van der Waals surface area contributed by atoms with Crippen LogP contribution in [0.5, 0.6) is 0 Å². The van der Waals surface area contributed by atoms with Gasteiger partial charge in [-0.3, -0.25) is 4.90 Å². The monoisotopic (exact) mass is 357 g/mol. The topological polar surface area (TPSA) is 55.8 Å². The SMILES string of the molecule is CC(C)(C)OC(=O)N1CCOCC1C=O.CC(C)[CH2][Al+][CH2]C(C)C.[H-]. The molecule has 1 unspecified atom stereocenters. The van der Waals surface area contributed by atoms with Gasteiger partial charge in [0.15, 0.2) is 0 Å². The quantitative estimate of drug-likeness (QED) is 0.555. The average molecular weight is 357 g/mol. The molecule has 140 valence electrons. The van der Waals surface area contributed by atoms with E-state index in [1.165, 1.54) is 15.5 Å². The summed E-state index contributed by atoms with van der Waals surface area (Å²) in [6, 6.07) is -0.520. The Morgan fingerprint density at radius 2 is 1.83 bits per heavy atom. The van der Waals surface area contributed by atoms with Gasteiger partial charge in [-0.2, -0.15) is 0 Å². The molecule has 0 aliphatic carbocycles. The summed E-state index contributed by atoms with van der Waals surface area (Å²) in [4.78, 5) is 23.8. The van der Waals surface area contributed by atoms with Crippen LogP contribution in [-0.2, 0) is 14.3 Å². The summed E-state index contributed by atoms with van der Waals surface area (Å²) in [5.41, 5.74) is -0.539. The van der Waals surface area contributed by atoms with Crippen molar-refractivity contribution >= 4 is 27.6 Å². The van der Waals surface area contributed by atoms with Gasteiger partial charge >= 0.3 is 71.4 Å². The molecule has 5 nitrogen and oxygen atoms in total. The predicted molar refractivity (Wildman–Crippen MR) is 99.8 cm³/mol. The van der Waals surface area contributed by atoms with Crippen LogP contribution in [0, 0.1) is 11.8 Å². The van der Waals surface area contributed by atoms with Crippen LogP contribution in [0.4, 0.5) is 4.79 Å². The van der Waals surface area contributed by atoms with Gasteiger partial charge in [0.1, 0.15) is 17.9 Å². The third-order valence-corrected chi connectivity index (χ3v) is 5.78. The van der Waals surface area contributed by atoms with Gasteiger partial charge in [-0.05, 0) is 20.8 Å². The van der Waals surface area contributed by atoms with Crippen LogP contribution in [-0.4, -0.2) is 63.9 Å². The molecule has 0 aromatic carbocycles. The fourth-order valence-electron chi connectivity index (χ4n) is 2.05. The Labute approximate surface area is 155 Å². The van der Waals surface area contributed by atoms with E-state index in [1.54, 1.807) is 20.8 Å². The van der Waals surface area contributed by atoms with E-state index in [9.17, 15) is 9.59 Å². The van der Waals surface area contributed by atoms with E-state index in [1.807, 2.05) is 0 Å². The molecule has 1 aliphatic rings. The van der Waals surface area contributed by atoms with Crippen LogP contribution in [0.2, 0.25) is 10.6 Å². The van der Waals surface area contributed by atoms with E-state index in [4.69, 9.17) is 9.47 Å². The van der Waals surface area contributed by atoms with Crippen molar-refractivity contribution in [2.75, 3.05) is 19.8 Å². The Balaban J connectivity index is 0. The first-order chi connectivity index (χ1) is 11.1. The molecule has 6 heteroatoms. The summed E-state index contributed by atoms with van der Waals surface area (Å²) in [6.07, 6.45) is 0.256. The Morgan fingerprint density at radius 1 is 1.29 bits per heavy atom. The third-order valence-electron chi connectivity index (χ3n) is 3.23. The van der Waals surface area contributed by atoms with Crippen molar-refractivity contribution in [1.29, 1.82) is 0 Å². The summed E-state index contributed by atoms with van der Waals surface area (Å²) in [7, 11) is 0. The van der Waals surface area contributed by atoms with Gasteiger partial charge < -0.3 is 15.7 Å². The van der Waals surface area contributed by atoms with Crippen molar-refractivity contribution in [3.8, 4) is 0 Å². The summed E-state index contributed by atoms with van der Waals surface area (Å²) in [6.45, 7) is 15.7. The standard InChI is InChI=1S/C10H17NO4.2C4H9.Al.H/c1-10(2,3)15-9(13)11-4-5-14-7-8(11)6-12;2*1-4(2)3;;/h6,8H,4-5,7H2,1-3H3;2*4H,1H2,2-3H3;;/q;;;+1;-1. The molecular weight excluding hydrogens is 321 g/mol. The minimum atomic E-state index is -0.539. The smallest absolute Gasteiger partial charge is 1.00 e. The van der Waals surface area contributed by atoms with Crippen molar-refractivity contribution < 1.29 is 20.5 Å². The van der Waals surface area contributed by atoms with E-state index >= 15 is 0 Å². The molecule has 0 bridgehead atoms. The van der Waals surface area contributed by atoms with Crippen LogP contribution in [0.15, 0.2) is 0 Å². The number of amides is 1. The van der Waals surface area contributed by atoms with Gasteiger partial charge in [0.25, 0.3) is 0 Å². The maximum Gasteiger partial charge on any atom is -1.00 e. The fourth-order valence-corrected chi connectivity index (χ4v) is 3.57. The molecule has 0 radical (unpaired) electrons. The normalized spacial score (nSPS) is 17.9. The van der Waals surface area contributed by atoms with E-state index < -0.39 is 17.7 Å². The van der Waals surface area contributed by atoms with E-state index in [-0.39, 0.29) is 8.03 Å². The molecule has 1 amide bonds. The largest absolute Gasteiger partial charge is 1.00 e. The van der Waals surface area contributed by atoms with Crippen molar-refractivity contribution in [2.45, 2.75) is 70.7 Å². The molecule has 0 aromatic rings. The van der Waals surface area contributed by atoms with Crippen LogP contribution in [0.25, 0.3) is 0 Å². The Bertz CT molecular complexity index is 365. The van der Waals surface area contributed by atoms with E-state index in [0.29, 0.717) is 19.4 Å². The second-order valence-electron chi connectivity index (χ2n) is 8.00. The molecule has 1 atom stereocenters. The molecule has 1 saturated heterocycles. The zero-order valence-corrected chi connectivity index (χ0v) is 17.7. The van der Waals surface area contributed by atoms with Crippen LogP contribution in [0.3, 0.4) is 0 Å². The number of morpholine rings is 1. The maximum absolute atomic E-state index is 11.7. The van der Waals surface area contributed by atoms with Crippen LogP contribution >= 0.6 is 0 Å². The Kier molecular flexibility index (Phi) is 11.6. The van der Waals surface area contributed by atoms with Gasteiger partial charge in [-0.25, -0.2) is 4.79 Å². The molecule has 24 heavy (non-hydrogen) atoms. The summed E-state index contributed by atoms with van der Waals surface area (Å²) in [5.74, 6) is 1.86. The van der Waals surface area contributed by atoms with Gasteiger partial charge in [0.2, 0.25) is 0 Å². The van der Waals surface area contributed by atoms with Gasteiger partial charge in [-0.1, -0.05) is 0 Å². The number of rotatable bonds is 5. The second-order valence-corrected chi connectivity index (χ2v) is 9.52. The second kappa shape index (κ2) is 11.9. The third kappa shape index (κ3) is 11.9. The van der Waals surface area contributed by atoms with Gasteiger partial charge in [-0.15, -0.1) is 0 Å². The van der Waals surface area contributed by atoms with E-state index in [2.05, 4.69) is 27.7 Å². The van der Waals surface area contributed by atoms with Crippen molar-refractivity contribution in [3.63, 3.8) is 0 Å². The van der Waals surface area contributed by atoms with Crippen LogP contribution in [0.1, 0.15) is 49.9 Å². The molecule has 1 fully saturated rings. The number of aldehydes is 1. The Morgan fingerprint density at radius 3 is 2.25 bits per heavy atom. The van der Waals surface area contributed by atoms with Crippen LogP contribution < -0.4 is 0 Å². The fraction of sp³-hybridized carbons (Fsp3) is 0.889. The number of ether oxygens (including phenoxy) is 2. The summed E-state index contributed by atoms with van der Waals surface area (Å²) >= 11 is 0.755. The maximum atomic E-state index is 11.7. The first kappa shape index (κ1) is 23.4. The number of hydrogen-bond acceptors (Lipinski definition) is 4. The molecule has 1 aliphatic heterocycles. The Hall–Kier alpha value is -0.568. The molecular formula is C18H36AlNO4. The summed E-state index contributed by atoms with van der Waals surface area (Å²) < 4.78 is 10.3. The van der Waals surface area contributed by atoms with Crippen molar-refractivity contribution in [3.05, 3.63) is 0 Å². The molecule has 1 heterocycles. The molecule has 1 rings (SSSR count). The predicted octanol–water partition coefficient (Wildman–Crippen LogP) is 3.77. The van der Waals surface area contributed by atoms with Gasteiger partial charge in [0, 0.05) is 6.54 Å². The minimum Gasteiger partial charge on any atom is -1.00 e. The average Bonchev–Trinajstić information content (AvgIpc) is 2.45. The molecule has 0 aromatic heterocycles. The molecule has 0 spiro atoms. The first-order valence-corrected chi connectivity index (χ1v) is 10.5. The number of carbonyl (C=O) groups is 2. The van der Waals surface area contributed by atoms with Crippen molar-refractivity contribution in [2.24, 2.45) is 11.8 Å². The minimum absolute atomic E-state index is 0. The molecule has 0 N–H and O–H groups in total. The number of nitrogens with zero attached hydrogens (tertiary/aromatic N) is 1. The zero-order chi connectivity index (χ0) is 18.8. The van der Waals surface area contributed by atoms with Crippen molar-refractivity contribution in [1.82, 2.24) is 4.90 Å². The molecule has 0 saturated carbocycles. The number of carbonyl (C=O) groups excluding carboxylic acids is 2. The zero-order valence-electron chi connectivity index (χ0n) is 17.5. The number of hydrogen-bond donors (Lipinski definition) is 0. The summed E-state index contributed by atoms with van der Waals surface area (Å²) in [5, 5.41) is 2.97. The van der Waals surface area contributed by atoms with E-state index in [0.717, 1.165) is 27.1 Å².